The largest absolute Gasteiger partial charge is 0.341 e. The van der Waals surface area contributed by atoms with E-state index in [1.54, 1.807) is 23.0 Å². The molecule has 0 unspecified atom stereocenters. The van der Waals surface area contributed by atoms with Crippen LogP contribution in [0.25, 0.3) is 0 Å². The predicted octanol–water partition coefficient (Wildman–Crippen LogP) is 3.13. The Morgan fingerprint density at radius 3 is 2.63 bits per heavy atom. The number of rotatable bonds is 7. The predicted molar refractivity (Wildman–Crippen MR) is 113 cm³/mol. The van der Waals surface area contributed by atoms with Crippen LogP contribution in [-0.2, 0) is 16.9 Å². The van der Waals surface area contributed by atoms with Crippen LogP contribution in [0, 0.1) is 0 Å². The van der Waals surface area contributed by atoms with Crippen LogP contribution in [0.4, 0.5) is 5.69 Å². The molecule has 1 aromatic carbocycles. The molecule has 10 heteroatoms. The summed E-state index contributed by atoms with van der Waals surface area (Å²) in [5.41, 5.74) is 0.652. The molecule has 0 fully saturated rings. The molecule has 146 valence electrons. The van der Waals surface area contributed by atoms with E-state index in [0.717, 1.165) is 6.42 Å². The molecule has 1 heterocycles. The van der Waals surface area contributed by atoms with Crippen molar-refractivity contribution in [3.05, 3.63) is 40.7 Å². The Morgan fingerprint density at radius 2 is 2.00 bits per heavy atom. The van der Waals surface area contributed by atoms with Gasteiger partial charge >= 0.3 is 0 Å². The summed E-state index contributed by atoms with van der Waals surface area (Å²) >= 11 is 14.5. The fourth-order valence-corrected chi connectivity index (χ4v) is 2.82. The molecular weight excluding hydrogens is 406 g/mol. The fourth-order valence-electron chi connectivity index (χ4n) is 2.36. The average Bonchev–Trinajstić information content (AvgIpc) is 3.01. The van der Waals surface area contributed by atoms with Gasteiger partial charge in [-0.05, 0) is 38.5 Å². The first-order valence-corrected chi connectivity index (χ1v) is 9.65. The Balaban J connectivity index is 2.14. The van der Waals surface area contributed by atoms with Crippen molar-refractivity contribution in [2.24, 2.45) is 0 Å². The molecule has 2 rings (SSSR count). The first-order valence-electron chi connectivity index (χ1n) is 8.24. The standard InChI is InChI=1S/C17H22ClN5O2S2/c1-10(24)19-13-7-11(6-12(18)8-13)16(25)20-17(2,3)14-9-23(22-21-14)5-4-15(26)27/h6-9,15,26-27H,4-5H2,1-3H3,(H,19,24)(H,20,25). The third kappa shape index (κ3) is 6.44. The number of hydrogen-bond acceptors (Lipinski definition) is 6. The zero-order chi connectivity index (χ0) is 20.2. The first kappa shape index (κ1) is 21.6. The number of nitrogens with one attached hydrogen (secondary N) is 2. The molecule has 0 aliphatic carbocycles. The number of benzene rings is 1. The second-order valence-corrected chi connectivity index (χ2v) is 8.72. The Morgan fingerprint density at radius 1 is 1.30 bits per heavy atom. The zero-order valence-corrected chi connectivity index (χ0v) is 17.8. The van der Waals surface area contributed by atoms with E-state index in [4.69, 9.17) is 11.6 Å². The minimum absolute atomic E-state index is 0.0361. The highest BCUT2D eigenvalue weighted by Gasteiger charge is 2.27. The SMILES string of the molecule is CC(=O)Nc1cc(Cl)cc(C(=O)NC(C)(C)c2cn(CCC(S)S)nn2)c1. The van der Waals surface area contributed by atoms with Gasteiger partial charge in [0.1, 0.15) is 5.69 Å². The second-order valence-electron chi connectivity index (χ2n) is 6.63. The van der Waals surface area contributed by atoms with Gasteiger partial charge in [-0.25, -0.2) is 0 Å². The number of carbonyl (C=O) groups is 2. The van der Waals surface area contributed by atoms with E-state index < -0.39 is 5.54 Å². The van der Waals surface area contributed by atoms with Crippen LogP contribution in [0.15, 0.2) is 24.4 Å². The molecule has 2 N–H and O–H groups in total. The van der Waals surface area contributed by atoms with Crippen molar-refractivity contribution in [2.75, 3.05) is 5.32 Å². The summed E-state index contributed by atoms with van der Waals surface area (Å²) in [6.07, 6.45) is 2.52. The Bertz CT molecular complexity index is 838. The van der Waals surface area contributed by atoms with Crippen molar-refractivity contribution < 1.29 is 9.59 Å². The molecule has 0 bridgehead atoms. The van der Waals surface area contributed by atoms with Crippen LogP contribution in [0.2, 0.25) is 5.02 Å². The first-order chi connectivity index (χ1) is 12.6. The van der Waals surface area contributed by atoms with E-state index in [1.165, 1.54) is 13.0 Å². The number of carbonyl (C=O) groups excluding carboxylic acids is 2. The van der Waals surface area contributed by atoms with Gasteiger partial charge in [0.2, 0.25) is 5.91 Å². The monoisotopic (exact) mass is 427 g/mol. The molecule has 0 radical (unpaired) electrons. The summed E-state index contributed by atoms with van der Waals surface area (Å²) in [6, 6.07) is 4.68. The molecule has 0 aliphatic heterocycles. The van der Waals surface area contributed by atoms with E-state index in [9.17, 15) is 9.59 Å². The topological polar surface area (TPSA) is 88.9 Å². The lowest BCUT2D eigenvalue weighted by atomic mass is 10.0. The third-order valence-electron chi connectivity index (χ3n) is 3.70. The van der Waals surface area contributed by atoms with Gasteiger partial charge in [0, 0.05) is 34.3 Å². The Labute approximate surface area is 174 Å². The molecule has 0 atom stereocenters. The number of aromatic nitrogens is 3. The maximum atomic E-state index is 12.7. The fraction of sp³-hybridized carbons (Fsp3) is 0.412. The van der Waals surface area contributed by atoms with Gasteiger partial charge in [-0.15, -0.1) is 5.10 Å². The molecule has 2 aromatic rings. The molecule has 27 heavy (non-hydrogen) atoms. The Hall–Kier alpha value is -1.71. The van der Waals surface area contributed by atoms with Crippen molar-refractivity contribution in [3.8, 4) is 0 Å². The molecule has 2 amide bonds. The average molecular weight is 428 g/mol. The quantitative estimate of drug-likeness (QED) is 0.403. The van der Waals surface area contributed by atoms with Gasteiger partial charge in [-0.3, -0.25) is 14.3 Å². The van der Waals surface area contributed by atoms with E-state index in [1.807, 2.05) is 13.8 Å². The summed E-state index contributed by atoms with van der Waals surface area (Å²) in [4.78, 5) is 23.9. The number of aryl methyl sites for hydroxylation is 1. The van der Waals surface area contributed by atoms with Crippen LogP contribution >= 0.6 is 36.9 Å². The molecule has 0 saturated carbocycles. The highest BCUT2D eigenvalue weighted by atomic mass is 35.5. The summed E-state index contributed by atoms with van der Waals surface area (Å²) in [7, 11) is 0. The van der Waals surface area contributed by atoms with Crippen LogP contribution in [-0.4, -0.2) is 31.4 Å². The van der Waals surface area contributed by atoms with E-state index in [-0.39, 0.29) is 16.4 Å². The number of nitrogens with zero attached hydrogens (tertiary/aromatic N) is 3. The van der Waals surface area contributed by atoms with Gasteiger partial charge in [0.15, 0.2) is 0 Å². The number of thiol groups is 2. The van der Waals surface area contributed by atoms with Gasteiger partial charge in [0.05, 0.1) is 11.7 Å². The number of amides is 2. The minimum atomic E-state index is -0.757. The summed E-state index contributed by atoms with van der Waals surface area (Å²) in [5, 5.41) is 14.1. The van der Waals surface area contributed by atoms with Gasteiger partial charge < -0.3 is 10.6 Å². The number of anilines is 1. The molecule has 0 spiro atoms. The van der Waals surface area contributed by atoms with Crippen LogP contribution in [0.3, 0.4) is 0 Å². The molecule has 0 saturated heterocycles. The van der Waals surface area contributed by atoms with Crippen LogP contribution in [0.5, 0.6) is 0 Å². The molecule has 0 aliphatic rings. The van der Waals surface area contributed by atoms with Gasteiger partial charge in [-0.2, -0.15) is 25.3 Å². The lowest BCUT2D eigenvalue weighted by molar-refractivity contribution is -0.114. The highest BCUT2D eigenvalue weighted by molar-refractivity contribution is 7.99. The maximum absolute atomic E-state index is 12.7. The Kier molecular flexibility index (Phi) is 7.19. The number of hydrogen-bond donors (Lipinski definition) is 4. The molecule has 1 aromatic heterocycles. The van der Waals surface area contributed by atoms with Gasteiger partial charge in [0.25, 0.3) is 5.91 Å². The van der Waals surface area contributed by atoms with Crippen molar-refractivity contribution in [1.82, 2.24) is 20.3 Å². The summed E-state index contributed by atoms with van der Waals surface area (Å²) in [6.45, 7) is 5.68. The third-order valence-corrected chi connectivity index (χ3v) is 4.44. The highest BCUT2D eigenvalue weighted by Crippen LogP contribution is 2.22. The van der Waals surface area contributed by atoms with Gasteiger partial charge in [-0.1, -0.05) is 16.8 Å². The summed E-state index contributed by atoms with van der Waals surface area (Å²) in [5.74, 6) is -0.584. The van der Waals surface area contributed by atoms with Crippen molar-refractivity contribution in [2.45, 2.75) is 43.9 Å². The van der Waals surface area contributed by atoms with E-state index >= 15 is 0 Å². The minimum Gasteiger partial charge on any atom is -0.341 e. The second kappa shape index (κ2) is 8.99. The maximum Gasteiger partial charge on any atom is 0.252 e. The van der Waals surface area contributed by atoms with E-state index in [0.29, 0.717) is 28.5 Å². The molecular formula is C17H22ClN5O2S2. The van der Waals surface area contributed by atoms with Crippen molar-refractivity contribution in [1.29, 1.82) is 0 Å². The lowest BCUT2D eigenvalue weighted by Gasteiger charge is -2.24. The van der Waals surface area contributed by atoms with Crippen molar-refractivity contribution in [3.63, 3.8) is 0 Å². The number of halogens is 1. The van der Waals surface area contributed by atoms with Crippen molar-refractivity contribution >= 4 is 54.4 Å². The normalized spacial score (nSPS) is 11.5. The van der Waals surface area contributed by atoms with Crippen LogP contribution < -0.4 is 10.6 Å². The van der Waals surface area contributed by atoms with Crippen LogP contribution in [0.1, 0.15) is 43.2 Å². The summed E-state index contributed by atoms with van der Waals surface area (Å²) < 4.78 is 1.66. The zero-order valence-electron chi connectivity index (χ0n) is 15.2. The van der Waals surface area contributed by atoms with E-state index in [2.05, 4.69) is 46.2 Å². The smallest absolute Gasteiger partial charge is 0.252 e. The lowest BCUT2D eigenvalue weighted by Crippen LogP contribution is -2.41. The molecule has 7 nitrogen and oxygen atoms in total.